The van der Waals surface area contributed by atoms with Crippen LogP contribution in [0.3, 0.4) is 0 Å². The third-order valence-electron chi connectivity index (χ3n) is 5.00. The summed E-state index contributed by atoms with van der Waals surface area (Å²) >= 11 is 0. The Balaban J connectivity index is 2.25. The Labute approximate surface area is 164 Å². The highest BCUT2D eigenvalue weighted by Gasteiger charge is 2.37. The molecule has 2 aromatic rings. The van der Waals surface area contributed by atoms with Gasteiger partial charge in [0.2, 0.25) is 11.5 Å². The van der Waals surface area contributed by atoms with Crippen molar-refractivity contribution in [3.63, 3.8) is 0 Å². The van der Waals surface area contributed by atoms with Crippen molar-refractivity contribution in [1.82, 2.24) is 0 Å². The van der Waals surface area contributed by atoms with Crippen LogP contribution in [0, 0.1) is 0 Å². The summed E-state index contributed by atoms with van der Waals surface area (Å²) in [5.41, 5.74) is 2.18. The molecule has 2 aromatic carbocycles. The summed E-state index contributed by atoms with van der Waals surface area (Å²) in [5, 5.41) is 0. The summed E-state index contributed by atoms with van der Waals surface area (Å²) in [4.78, 5) is 12.8. The second kappa shape index (κ2) is 7.88. The molecule has 150 valence electrons. The van der Waals surface area contributed by atoms with Gasteiger partial charge in [0.05, 0.1) is 42.7 Å². The molecule has 0 saturated carbocycles. The van der Waals surface area contributed by atoms with E-state index in [1.807, 2.05) is 12.1 Å². The molecule has 0 aliphatic heterocycles. The van der Waals surface area contributed by atoms with Crippen molar-refractivity contribution < 1.29 is 33.2 Å². The molecule has 1 atom stereocenters. The van der Waals surface area contributed by atoms with Crippen LogP contribution in [0.15, 0.2) is 18.2 Å². The van der Waals surface area contributed by atoms with Gasteiger partial charge < -0.3 is 28.4 Å². The van der Waals surface area contributed by atoms with Gasteiger partial charge in [0.25, 0.3) is 0 Å². The first-order valence-corrected chi connectivity index (χ1v) is 8.70. The van der Waals surface area contributed by atoms with Crippen LogP contribution in [0.1, 0.15) is 33.8 Å². The topological polar surface area (TPSA) is 72.5 Å². The molecule has 0 amide bonds. The van der Waals surface area contributed by atoms with Crippen LogP contribution in [0.4, 0.5) is 0 Å². The van der Waals surface area contributed by atoms with Gasteiger partial charge in [-0.15, -0.1) is 0 Å². The summed E-state index contributed by atoms with van der Waals surface area (Å²) in [7, 11) is 9.28. The van der Waals surface area contributed by atoms with E-state index in [4.69, 9.17) is 28.4 Å². The first-order chi connectivity index (χ1) is 13.5. The number of carbonyl (C=O) groups is 1. The summed E-state index contributed by atoms with van der Waals surface area (Å²) < 4.78 is 32.8. The number of hydrogen-bond acceptors (Lipinski definition) is 7. The van der Waals surface area contributed by atoms with Gasteiger partial charge in [0.1, 0.15) is 0 Å². The van der Waals surface area contributed by atoms with Crippen LogP contribution in [0.2, 0.25) is 0 Å². The monoisotopic (exact) mass is 388 g/mol. The predicted molar refractivity (Wildman–Crippen MR) is 103 cm³/mol. The number of methoxy groups -OCH3 is 6. The smallest absolute Gasteiger partial charge is 0.203 e. The Morgan fingerprint density at radius 1 is 0.679 bits per heavy atom. The Hall–Kier alpha value is -3.09. The minimum Gasteiger partial charge on any atom is -0.493 e. The molecular weight excluding hydrogens is 364 g/mol. The van der Waals surface area contributed by atoms with Gasteiger partial charge in [-0.2, -0.15) is 0 Å². The average molecular weight is 388 g/mol. The third kappa shape index (κ3) is 2.96. The SMILES string of the molecule is COc1cc(C2CC(=O)c3cc(OC)c(OC)c(OC)c32)cc(OC)c1OC. The number of benzene rings is 2. The maximum absolute atomic E-state index is 12.8. The van der Waals surface area contributed by atoms with E-state index in [0.29, 0.717) is 46.5 Å². The molecule has 0 heterocycles. The lowest BCUT2D eigenvalue weighted by atomic mass is 9.91. The third-order valence-corrected chi connectivity index (χ3v) is 5.00. The molecule has 1 unspecified atom stereocenters. The van der Waals surface area contributed by atoms with Crippen LogP contribution in [0.25, 0.3) is 0 Å². The van der Waals surface area contributed by atoms with Crippen molar-refractivity contribution in [2.24, 2.45) is 0 Å². The number of Topliss-reactive ketones (excluding diaryl/α,β-unsaturated/α-hetero) is 1. The highest BCUT2D eigenvalue weighted by molar-refractivity contribution is 6.04. The largest absolute Gasteiger partial charge is 0.493 e. The molecule has 1 aliphatic rings. The molecule has 1 aliphatic carbocycles. The highest BCUT2D eigenvalue weighted by atomic mass is 16.5. The number of hydrogen-bond donors (Lipinski definition) is 0. The second-order valence-corrected chi connectivity index (χ2v) is 6.25. The molecule has 7 nitrogen and oxygen atoms in total. The minimum atomic E-state index is -0.244. The molecule has 0 fully saturated rings. The Morgan fingerprint density at radius 2 is 1.18 bits per heavy atom. The molecule has 0 N–H and O–H groups in total. The van der Waals surface area contributed by atoms with Crippen LogP contribution in [-0.2, 0) is 0 Å². The van der Waals surface area contributed by atoms with Crippen LogP contribution in [-0.4, -0.2) is 48.4 Å². The van der Waals surface area contributed by atoms with E-state index in [-0.39, 0.29) is 11.7 Å². The number of fused-ring (bicyclic) bond motifs is 1. The number of rotatable bonds is 7. The van der Waals surface area contributed by atoms with Gasteiger partial charge in [0, 0.05) is 23.5 Å². The molecule has 0 saturated heterocycles. The van der Waals surface area contributed by atoms with Gasteiger partial charge >= 0.3 is 0 Å². The van der Waals surface area contributed by atoms with E-state index in [9.17, 15) is 4.79 Å². The van der Waals surface area contributed by atoms with E-state index in [1.54, 1.807) is 34.5 Å². The fourth-order valence-electron chi connectivity index (χ4n) is 3.74. The van der Waals surface area contributed by atoms with Crippen molar-refractivity contribution in [3.8, 4) is 34.5 Å². The zero-order valence-electron chi connectivity index (χ0n) is 16.9. The van der Waals surface area contributed by atoms with Crippen molar-refractivity contribution in [1.29, 1.82) is 0 Å². The van der Waals surface area contributed by atoms with Crippen molar-refractivity contribution in [3.05, 3.63) is 34.9 Å². The summed E-state index contributed by atoms with van der Waals surface area (Å²) in [5.74, 6) is 2.71. The van der Waals surface area contributed by atoms with Gasteiger partial charge in [-0.05, 0) is 23.8 Å². The Kier molecular flexibility index (Phi) is 5.53. The quantitative estimate of drug-likeness (QED) is 0.719. The van der Waals surface area contributed by atoms with Crippen LogP contribution in [0.5, 0.6) is 34.5 Å². The highest BCUT2D eigenvalue weighted by Crippen LogP contribution is 2.52. The fraction of sp³-hybridized carbons (Fsp3) is 0.381. The van der Waals surface area contributed by atoms with Crippen molar-refractivity contribution in [2.75, 3.05) is 42.7 Å². The molecule has 0 bridgehead atoms. The predicted octanol–water partition coefficient (Wildman–Crippen LogP) is 3.46. The van der Waals surface area contributed by atoms with E-state index >= 15 is 0 Å². The number of ether oxygens (including phenoxy) is 6. The number of ketones is 1. The van der Waals surface area contributed by atoms with Gasteiger partial charge in [-0.25, -0.2) is 0 Å². The van der Waals surface area contributed by atoms with Crippen molar-refractivity contribution >= 4 is 5.78 Å². The summed E-state index contributed by atoms with van der Waals surface area (Å²) in [6.07, 6.45) is 0.292. The lowest BCUT2D eigenvalue weighted by Crippen LogP contribution is -2.04. The maximum atomic E-state index is 12.8. The lowest BCUT2D eigenvalue weighted by molar-refractivity contribution is 0.0991. The maximum Gasteiger partial charge on any atom is 0.203 e. The standard InChI is InChI=1S/C21H24O7/c1-23-15-7-11(8-16(24-2)19(15)26-4)12-9-14(22)13-10-17(25-3)20(27-5)21(28-6)18(12)13/h7-8,10,12H,9H2,1-6H3. The molecule has 28 heavy (non-hydrogen) atoms. The molecule has 0 aromatic heterocycles. The van der Waals surface area contributed by atoms with E-state index in [0.717, 1.165) is 11.1 Å². The molecule has 7 heteroatoms. The van der Waals surface area contributed by atoms with Crippen LogP contribution >= 0.6 is 0 Å². The van der Waals surface area contributed by atoms with Crippen LogP contribution < -0.4 is 28.4 Å². The lowest BCUT2D eigenvalue weighted by Gasteiger charge is -2.21. The Morgan fingerprint density at radius 3 is 1.64 bits per heavy atom. The molecular formula is C21H24O7. The normalized spacial score (nSPS) is 15.1. The summed E-state index contributed by atoms with van der Waals surface area (Å²) in [6, 6.07) is 5.41. The minimum absolute atomic E-state index is 0.00741. The Bertz CT molecular complexity index is 879. The molecule has 3 rings (SSSR count). The first kappa shape index (κ1) is 19.7. The van der Waals surface area contributed by atoms with E-state index < -0.39 is 0 Å². The fourth-order valence-corrected chi connectivity index (χ4v) is 3.74. The zero-order chi connectivity index (χ0) is 20.4. The van der Waals surface area contributed by atoms with Gasteiger partial charge in [-0.1, -0.05) is 0 Å². The summed E-state index contributed by atoms with van der Waals surface area (Å²) in [6.45, 7) is 0. The zero-order valence-corrected chi connectivity index (χ0v) is 16.9. The number of carbonyl (C=O) groups excluding carboxylic acids is 1. The van der Waals surface area contributed by atoms with E-state index in [2.05, 4.69) is 0 Å². The average Bonchev–Trinajstić information content (AvgIpc) is 3.07. The molecule has 0 spiro atoms. The van der Waals surface area contributed by atoms with Crippen molar-refractivity contribution in [2.45, 2.75) is 12.3 Å². The molecule has 0 radical (unpaired) electrons. The second-order valence-electron chi connectivity index (χ2n) is 6.25. The van der Waals surface area contributed by atoms with Gasteiger partial charge in [-0.3, -0.25) is 4.79 Å². The van der Waals surface area contributed by atoms with Gasteiger partial charge in [0.15, 0.2) is 28.8 Å². The van der Waals surface area contributed by atoms with E-state index in [1.165, 1.54) is 14.2 Å². The first-order valence-electron chi connectivity index (χ1n) is 8.70.